The smallest absolute Gasteiger partial charge is 0.113 e. The maximum Gasteiger partial charge on any atom is 0.113 e. The second-order valence-corrected chi connectivity index (χ2v) is 3.45. The Kier molecular flexibility index (Phi) is 6.39. The van der Waals surface area contributed by atoms with Gasteiger partial charge >= 0.3 is 0 Å². The van der Waals surface area contributed by atoms with E-state index >= 15 is 0 Å². The summed E-state index contributed by atoms with van der Waals surface area (Å²) in [6.45, 7) is 12.0. The highest BCUT2D eigenvalue weighted by molar-refractivity contribution is 4.67. The largest absolute Gasteiger partial charge is 0.373 e. The van der Waals surface area contributed by atoms with Crippen molar-refractivity contribution in [1.82, 2.24) is 0 Å². The van der Waals surface area contributed by atoms with Crippen molar-refractivity contribution >= 4 is 0 Å². The Bertz CT molecular complexity index is 100. The van der Waals surface area contributed by atoms with Crippen LogP contribution < -0.4 is 0 Å². The van der Waals surface area contributed by atoms with Gasteiger partial charge in [0.15, 0.2) is 0 Å². The van der Waals surface area contributed by atoms with Crippen LogP contribution in [-0.2, 0) is 9.47 Å². The first-order valence-electron chi connectivity index (χ1n) is 4.70. The van der Waals surface area contributed by atoms with Gasteiger partial charge in [-0.05, 0) is 34.1 Å². The summed E-state index contributed by atoms with van der Waals surface area (Å²) < 4.78 is 10.9. The summed E-state index contributed by atoms with van der Waals surface area (Å²) in [7, 11) is 0. The van der Waals surface area contributed by atoms with Crippen molar-refractivity contribution in [3.05, 3.63) is 6.61 Å². The first-order chi connectivity index (χ1) is 5.56. The Balaban J connectivity index is 3.53. The summed E-state index contributed by atoms with van der Waals surface area (Å²) in [6.07, 6.45) is 1.61. The van der Waals surface area contributed by atoms with Crippen LogP contribution >= 0.6 is 0 Å². The van der Waals surface area contributed by atoms with E-state index < -0.39 is 0 Å². The lowest BCUT2D eigenvalue weighted by atomic mass is 10.3. The maximum absolute atomic E-state index is 5.57. The Morgan fingerprint density at radius 1 is 1.08 bits per heavy atom. The predicted molar refractivity (Wildman–Crippen MR) is 50.8 cm³/mol. The van der Waals surface area contributed by atoms with E-state index in [0.29, 0.717) is 0 Å². The van der Waals surface area contributed by atoms with E-state index in [2.05, 4.69) is 6.92 Å². The quantitative estimate of drug-likeness (QED) is 0.615. The summed E-state index contributed by atoms with van der Waals surface area (Å²) >= 11 is 0. The normalized spacial score (nSPS) is 14.2. The Morgan fingerprint density at radius 2 is 1.67 bits per heavy atom. The van der Waals surface area contributed by atoms with Crippen molar-refractivity contribution in [2.75, 3.05) is 0 Å². The summed E-state index contributed by atoms with van der Waals surface area (Å²) in [5.74, 6) is 0. The zero-order valence-electron chi connectivity index (χ0n) is 8.83. The molecule has 0 spiro atoms. The fourth-order valence-electron chi connectivity index (χ4n) is 0.819. The highest BCUT2D eigenvalue weighted by Crippen LogP contribution is 2.08. The molecule has 0 saturated carbocycles. The van der Waals surface area contributed by atoms with Crippen LogP contribution in [0.1, 0.15) is 41.0 Å². The molecule has 0 aliphatic carbocycles. The molecule has 0 aromatic rings. The molecule has 2 heteroatoms. The summed E-state index contributed by atoms with van der Waals surface area (Å²) in [5, 5.41) is 0. The van der Waals surface area contributed by atoms with Gasteiger partial charge in [0.2, 0.25) is 0 Å². The molecule has 0 aromatic carbocycles. The van der Waals surface area contributed by atoms with Gasteiger partial charge in [-0.1, -0.05) is 6.92 Å². The van der Waals surface area contributed by atoms with Gasteiger partial charge in [0, 0.05) is 0 Å². The van der Waals surface area contributed by atoms with Crippen LogP contribution in [0.3, 0.4) is 0 Å². The molecule has 0 amide bonds. The number of rotatable bonds is 6. The van der Waals surface area contributed by atoms with Gasteiger partial charge in [0.25, 0.3) is 0 Å². The van der Waals surface area contributed by atoms with Crippen molar-refractivity contribution in [2.45, 2.75) is 59.4 Å². The second-order valence-electron chi connectivity index (χ2n) is 3.45. The monoisotopic (exact) mass is 173 g/mol. The highest BCUT2D eigenvalue weighted by atomic mass is 16.5. The van der Waals surface area contributed by atoms with Gasteiger partial charge < -0.3 is 9.47 Å². The molecular weight excluding hydrogens is 152 g/mol. The molecule has 0 rings (SSSR count). The van der Waals surface area contributed by atoms with Crippen LogP contribution in [-0.4, -0.2) is 18.3 Å². The topological polar surface area (TPSA) is 18.5 Å². The number of ether oxygens (including phenoxy) is 2. The molecule has 12 heavy (non-hydrogen) atoms. The summed E-state index contributed by atoms with van der Waals surface area (Å²) in [6, 6.07) is 0. The number of hydrogen-bond donors (Lipinski definition) is 0. The van der Waals surface area contributed by atoms with Crippen LogP contribution in [0.2, 0.25) is 0 Å². The molecule has 0 N–H and O–H groups in total. The van der Waals surface area contributed by atoms with Crippen molar-refractivity contribution in [3.8, 4) is 0 Å². The minimum atomic E-state index is 0.132. The van der Waals surface area contributed by atoms with Crippen LogP contribution in [0, 0.1) is 6.61 Å². The molecule has 1 unspecified atom stereocenters. The van der Waals surface area contributed by atoms with Gasteiger partial charge in [0.05, 0.1) is 18.3 Å². The molecule has 0 fully saturated rings. The Labute approximate surface area is 76.3 Å². The lowest BCUT2D eigenvalue weighted by Crippen LogP contribution is -2.20. The third kappa shape index (κ3) is 6.62. The zero-order valence-corrected chi connectivity index (χ0v) is 8.83. The SMILES string of the molecule is CCC([CH]OC(C)C)OC(C)C. The lowest BCUT2D eigenvalue weighted by molar-refractivity contribution is -0.0241. The molecule has 0 saturated heterocycles. The average Bonchev–Trinajstić information content (AvgIpc) is 1.97. The summed E-state index contributed by atoms with van der Waals surface area (Å²) in [4.78, 5) is 0. The third-order valence-electron chi connectivity index (χ3n) is 1.35. The van der Waals surface area contributed by atoms with Crippen LogP contribution in [0.4, 0.5) is 0 Å². The fourth-order valence-corrected chi connectivity index (χ4v) is 0.819. The van der Waals surface area contributed by atoms with Crippen molar-refractivity contribution in [3.63, 3.8) is 0 Å². The molecule has 0 bridgehead atoms. The van der Waals surface area contributed by atoms with E-state index in [9.17, 15) is 0 Å². The van der Waals surface area contributed by atoms with E-state index in [4.69, 9.17) is 9.47 Å². The Morgan fingerprint density at radius 3 is 2.00 bits per heavy atom. The Hall–Kier alpha value is -0.0800. The average molecular weight is 173 g/mol. The minimum Gasteiger partial charge on any atom is -0.373 e. The lowest BCUT2D eigenvalue weighted by Gasteiger charge is -2.19. The van der Waals surface area contributed by atoms with Crippen LogP contribution in [0.5, 0.6) is 0 Å². The van der Waals surface area contributed by atoms with Crippen LogP contribution in [0.15, 0.2) is 0 Å². The van der Waals surface area contributed by atoms with Crippen LogP contribution in [0.25, 0.3) is 0 Å². The van der Waals surface area contributed by atoms with E-state index in [1.165, 1.54) is 0 Å². The maximum atomic E-state index is 5.57. The molecular formula is C10H21O2. The predicted octanol–water partition coefficient (Wildman–Crippen LogP) is 2.78. The third-order valence-corrected chi connectivity index (χ3v) is 1.35. The fraction of sp³-hybridized carbons (Fsp3) is 0.900. The van der Waals surface area contributed by atoms with Gasteiger partial charge in [0.1, 0.15) is 6.61 Å². The summed E-state index contributed by atoms with van der Waals surface area (Å²) in [5.41, 5.74) is 0. The molecule has 0 heterocycles. The zero-order chi connectivity index (χ0) is 9.56. The van der Waals surface area contributed by atoms with Crippen molar-refractivity contribution < 1.29 is 9.47 Å². The minimum absolute atomic E-state index is 0.132. The van der Waals surface area contributed by atoms with Gasteiger partial charge in [-0.25, -0.2) is 0 Å². The molecule has 0 aliphatic rings. The van der Waals surface area contributed by atoms with E-state index in [1.807, 2.05) is 27.7 Å². The van der Waals surface area contributed by atoms with Gasteiger partial charge in [-0.15, -0.1) is 0 Å². The molecule has 1 radical (unpaired) electrons. The van der Waals surface area contributed by atoms with Gasteiger partial charge in [-0.3, -0.25) is 0 Å². The van der Waals surface area contributed by atoms with E-state index in [0.717, 1.165) is 6.42 Å². The molecule has 0 aromatic heterocycles. The number of hydrogen-bond acceptors (Lipinski definition) is 2. The van der Waals surface area contributed by atoms with Crippen molar-refractivity contribution in [2.24, 2.45) is 0 Å². The first-order valence-corrected chi connectivity index (χ1v) is 4.70. The molecule has 73 valence electrons. The standard InChI is InChI=1S/C10H21O2/c1-6-10(12-9(4)5)7-11-8(2)3/h7-10H,6H2,1-5H3. The molecule has 2 nitrogen and oxygen atoms in total. The first kappa shape index (κ1) is 11.9. The molecule has 0 aliphatic heterocycles. The van der Waals surface area contributed by atoms with Crippen molar-refractivity contribution in [1.29, 1.82) is 0 Å². The van der Waals surface area contributed by atoms with Gasteiger partial charge in [-0.2, -0.15) is 0 Å². The molecule has 1 atom stereocenters. The van der Waals surface area contributed by atoms with E-state index in [1.54, 1.807) is 6.61 Å². The second kappa shape index (κ2) is 6.44. The van der Waals surface area contributed by atoms with E-state index in [-0.39, 0.29) is 18.3 Å². The highest BCUT2D eigenvalue weighted by Gasteiger charge is 2.10.